The highest BCUT2D eigenvalue weighted by Gasteiger charge is 2.28. The molecular formula is C13H14BrF2NO. The van der Waals surface area contributed by atoms with Gasteiger partial charge in [-0.2, -0.15) is 0 Å². The van der Waals surface area contributed by atoms with Crippen molar-refractivity contribution in [3.05, 3.63) is 35.4 Å². The summed E-state index contributed by atoms with van der Waals surface area (Å²) in [6.07, 6.45) is 2.98. The van der Waals surface area contributed by atoms with Gasteiger partial charge >= 0.3 is 0 Å². The SMILES string of the molecule is O=C(NC1CCCC1CBr)c1cc(F)ccc1F. The summed E-state index contributed by atoms with van der Waals surface area (Å²) in [4.78, 5) is 11.9. The first-order valence-electron chi connectivity index (χ1n) is 5.93. The van der Waals surface area contributed by atoms with Gasteiger partial charge in [0.25, 0.3) is 5.91 Å². The highest BCUT2D eigenvalue weighted by Crippen LogP contribution is 2.27. The summed E-state index contributed by atoms with van der Waals surface area (Å²) < 4.78 is 26.4. The van der Waals surface area contributed by atoms with E-state index in [4.69, 9.17) is 0 Å². The molecule has 1 fully saturated rings. The van der Waals surface area contributed by atoms with E-state index < -0.39 is 17.5 Å². The van der Waals surface area contributed by atoms with Crippen LogP contribution >= 0.6 is 15.9 Å². The molecule has 1 aromatic carbocycles. The molecular weight excluding hydrogens is 304 g/mol. The van der Waals surface area contributed by atoms with Gasteiger partial charge < -0.3 is 5.32 Å². The van der Waals surface area contributed by atoms with Crippen LogP contribution in [0, 0.1) is 17.6 Å². The van der Waals surface area contributed by atoms with Crippen molar-refractivity contribution < 1.29 is 13.6 Å². The molecule has 0 saturated heterocycles. The van der Waals surface area contributed by atoms with Crippen LogP contribution in [-0.4, -0.2) is 17.3 Å². The molecule has 1 aromatic rings. The van der Waals surface area contributed by atoms with E-state index in [9.17, 15) is 13.6 Å². The number of halogens is 3. The Bertz CT molecular complexity index is 453. The average molecular weight is 318 g/mol. The van der Waals surface area contributed by atoms with Gasteiger partial charge in [0.2, 0.25) is 0 Å². The summed E-state index contributed by atoms with van der Waals surface area (Å²) in [5.74, 6) is -1.47. The molecule has 2 atom stereocenters. The quantitative estimate of drug-likeness (QED) is 0.852. The summed E-state index contributed by atoms with van der Waals surface area (Å²) in [5, 5.41) is 3.60. The number of alkyl halides is 1. The summed E-state index contributed by atoms with van der Waals surface area (Å²) >= 11 is 3.40. The number of amides is 1. The standard InChI is InChI=1S/C13H14BrF2NO/c14-7-8-2-1-3-12(8)17-13(18)10-6-9(15)4-5-11(10)16/h4-6,8,12H,1-3,7H2,(H,17,18). The Morgan fingerprint density at radius 2 is 2.17 bits per heavy atom. The van der Waals surface area contributed by atoms with Crippen LogP contribution in [0.25, 0.3) is 0 Å². The Morgan fingerprint density at radius 3 is 2.89 bits per heavy atom. The molecule has 0 aliphatic heterocycles. The fraction of sp³-hybridized carbons (Fsp3) is 0.462. The Labute approximate surface area is 113 Å². The van der Waals surface area contributed by atoms with Crippen molar-refractivity contribution in [1.29, 1.82) is 0 Å². The van der Waals surface area contributed by atoms with E-state index in [1.807, 2.05) is 0 Å². The predicted molar refractivity (Wildman–Crippen MR) is 68.7 cm³/mol. The molecule has 1 saturated carbocycles. The Balaban J connectivity index is 2.09. The molecule has 1 amide bonds. The van der Waals surface area contributed by atoms with Crippen molar-refractivity contribution in [3.63, 3.8) is 0 Å². The average Bonchev–Trinajstić information content (AvgIpc) is 2.79. The zero-order valence-electron chi connectivity index (χ0n) is 9.76. The van der Waals surface area contributed by atoms with Crippen LogP contribution in [0.15, 0.2) is 18.2 Å². The van der Waals surface area contributed by atoms with E-state index in [2.05, 4.69) is 21.2 Å². The minimum absolute atomic E-state index is 0.0412. The van der Waals surface area contributed by atoms with Gasteiger partial charge in [-0.3, -0.25) is 4.79 Å². The maximum absolute atomic E-state index is 13.4. The molecule has 2 nitrogen and oxygen atoms in total. The van der Waals surface area contributed by atoms with Crippen molar-refractivity contribution >= 4 is 21.8 Å². The number of nitrogens with one attached hydrogen (secondary N) is 1. The minimum Gasteiger partial charge on any atom is -0.349 e. The van der Waals surface area contributed by atoms with Crippen molar-refractivity contribution in [3.8, 4) is 0 Å². The zero-order valence-corrected chi connectivity index (χ0v) is 11.3. The summed E-state index contributed by atoms with van der Waals surface area (Å²) in [6.45, 7) is 0. The monoisotopic (exact) mass is 317 g/mol. The molecule has 2 unspecified atom stereocenters. The first kappa shape index (κ1) is 13.5. The van der Waals surface area contributed by atoms with Gasteiger partial charge in [0.1, 0.15) is 11.6 Å². The van der Waals surface area contributed by atoms with E-state index >= 15 is 0 Å². The highest BCUT2D eigenvalue weighted by molar-refractivity contribution is 9.09. The van der Waals surface area contributed by atoms with Crippen molar-refractivity contribution in [2.75, 3.05) is 5.33 Å². The lowest BCUT2D eigenvalue weighted by Gasteiger charge is -2.19. The van der Waals surface area contributed by atoms with Crippen molar-refractivity contribution in [1.82, 2.24) is 5.32 Å². The second-order valence-corrected chi connectivity index (χ2v) is 5.20. The number of benzene rings is 1. The lowest BCUT2D eigenvalue weighted by Crippen LogP contribution is -2.38. The smallest absolute Gasteiger partial charge is 0.254 e. The summed E-state index contributed by atoms with van der Waals surface area (Å²) in [7, 11) is 0. The van der Waals surface area contributed by atoms with Gasteiger partial charge in [-0.05, 0) is 37.0 Å². The minimum atomic E-state index is -0.692. The van der Waals surface area contributed by atoms with E-state index in [0.717, 1.165) is 42.8 Å². The molecule has 18 heavy (non-hydrogen) atoms. The van der Waals surface area contributed by atoms with Crippen LogP contribution in [0.4, 0.5) is 8.78 Å². The van der Waals surface area contributed by atoms with Crippen LogP contribution in [0.2, 0.25) is 0 Å². The van der Waals surface area contributed by atoms with Crippen molar-refractivity contribution in [2.45, 2.75) is 25.3 Å². The molecule has 0 spiro atoms. The van der Waals surface area contributed by atoms with E-state index in [0.29, 0.717) is 5.92 Å². The lowest BCUT2D eigenvalue weighted by molar-refractivity contribution is 0.0925. The Hall–Kier alpha value is -0.970. The van der Waals surface area contributed by atoms with E-state index in [1.165, 1.54) is 0 Å². The van der Waals surface area contributed by atoms with Crippen LogP contribution in [0.1, 0.15) is 29.6 Å². The Morgan fingerprint density at radius 1 is 1.39 bits per heavy atom. The fourth-order valence-electron chi connectivity index (χ4n) is 2.33. The normalized spacial score (nSPS) is 23.1. The van der Waals surface area contributed by atoms with Gasteiger partial charge in [-0.1, -0.05) is 22.4 Å². The van der Waals surface area contributed by atoms with Crippen LogP contribution < -0.4 is 5.32 Å². The summed E-state index contributed by atoms with van der Waals surface area (Å²) in [6, 6.07) is 2.95. The van der Waals surface area contributed by atoms with E-state index in [-0.39, 0.29) is 11.6 Å². The van der Waals surface area contributed by atoms with Gasteiger partial charge in [0.15, 0.2) is 0 Å². The maximum Gasteiger partial charge on any atom is 0.254 e. The first-order chi connectivity index (χ1) is 8.61. The first-order valence-corrected chi connectivity index (χ1v) is 7.06. The number of carbonyl (C=O) groups excluding carboxylic acids is 1. The molecule has 0 aromatic heterocycles. The van der Waals surface area contributed by atoms with Gasteiger partial charge in [-0.25, -0.2) is 8.78 Å². The molecule has 1 N–H and O–H groups in total. The van der Waals surface area contributed by atoms with Gasteiger partial charge in [0, 0.05) is 11.4 Å². The van der Waals surface area contributed by atoms with E-state index in [1.54, 1.807) is 0 Å². The number of hydrogen-bond acceptors (Lipinski definition) is 1. The number of hydrogen-bond donors (Lipinski definition) is 1. The second-order valence-electron chi connectivity index (χ2n) is 4.55. The molecule has 2 rings (SSSR count). The molecule has 0 bridgehead atoms. The van der Waals surface area contributed by atoms with Crippen molar-refractivity contribution in [2.24, 2.45) is 5.92 Å². The predicted octanol–water partition coefficient (Wildman–Crippen LogP) is 3.26. The largest absolute Gasteiger partial charge is 0.349 e. The third-order valence-corrected chi connectivity index (χ3v) is 4.18. The number of rotatable bonds is 3. The Kier molecular flexibility index (Phi) is 4.32. The van der Waals surface area contributed by atoms with Gasteiger partial charge in [-0.15, -0.1) is 0 Å². The van der Waals surface area contributed by atoms with Gasteiger partial charge in [0.05, 0.1) is 5.56 Å². The molecule has 5 heteroatoms. The number of carbonyl (C=O) groups is 1. The molecule has 1 aliphatic rings. The summed E-state index contributed by atoms with van der Waals surface area (Å²) in [5.41, 5.74) is -0.227. The third-order valence-electron chi connectivity index (χ3n) is 3.35. The third kappa shape index (κ3) is 2.88. The van der Waals surface area contributed by atoms with Crippen LogP contribution in [0.5, 0.6) is 0 Å². The van der Waals surface area contributed by atoms with Crippen LogP contribution in [-0.2, 0) is 0 Å². The fourth-order valence-corrected chi connectivity index (χ4v) is 3.10. The highest BCUT2D eigenvalue weighted by atomic mass is 79.9. The molecule has 0 radical (unpaired) electrons. The molecule has 1 aliphatic carbocycles. The van der Waals surface area contributed by atoms with Crippen LogP contribution in [0.3, 0.4) is 0 Å². The molecule has 98 valence electrons. The topological polar surface area (TPSA) is 29.1 Å². The molecule has 0 heterocycles. The maximum atomic E-state index is 13.4. The zero-order chi connectivity index (χ0) is 13.1. The lowest BCUT2D eigenvalue weighted by atomic mass is 10.1. The second kappa shape index (κ2) is 5.78.